The van der Waals surface area contributed by atoms with Crippen LogP contribution < -0.4 is 25.8 Å². The maximum atomic E-state index is 14.5. The number of phenolic OH excluding ortho intramolecular Hbond substituents is 1. The zero-order valence-electron chi connectivity index (χ0n) is 84.9. The van der Waals surface area contributed by atoms with E-state index in [-0.39, 0.29) is 273 Å². The highest BCUT2D eigenvalue weighted by molar-refractivity contribution is 7.47. The van der Waals surface area contributed by atoms with E-state index in [4.69, 9.17) is 121 Å². The predicted octanol–water partition coefficient (Wildman–Crippen LogP) is 13.1. The second-order valence-electron chi connectivity index (χ2n) is 33.9. The number of Topliss-reactive ketones (excluding diaryl/α,β-unsaturated/α-hetero) is 4. The number of nitriles is 1. The molecular weight excluding hydrogens is 1820 g/mol. The SMILES string of the molecule is C#CCOCCOCCCC(=O)CCC(CCC(=O)NCCOCCOCC#C)(CCC(=O)NCCOCCOCC#C)CC(=O)c1cccc(O)c1.C#CCOCCOCCCC(=O)CCC(CCC(=O)NCCOCCOCC#C)(CCC(=O)NCCOCCOCC#C)CC(=O)c1cccc(OP(OCCC#N)N(C(C)C)C(C)C)c1.[C-]#[N+]CCOP(N(C(C)C)C(C)C)N(C(C)C)C(C)C. The number of benzene rings is 2. The summed E-state index contributed by atoms with van der Waals surface area (Å²) < 4.78 is 89.9. The molecule has 0 heterocycles. The van der Waals surface area contributed by atoms with Crippen molar-refractivity contribution in [2.75, 3.05) is 205 Å². The number of terminal acetylenes is 6. The molecule has 2 rings (SSSR count). The molecule has 5 N–H and O–H groups in total. The van der Waals surface area contributed by atoms with Crippen molar-refractivity contribution in [3.05, 3.63) is 71.1 Å². The van der Waals surface area contributed by atoms with Gasteiger partial charge in [0.05, 0.1) is 125 Å². The van der Waals surface area contributed by atoms with Crippen molar-refractivity contribution in [3.8, 4) is 91.6 Å². The number of carbonyl (C=O) groups is 8. The number of nitrogens with one attached hydrogen (secondary N) is 4. The highest BCUT2D eigenvalue weighted by Crippen LogP contribution is 2.51. The first-order valence-electron chi connectivity index (χ1n) is 48.1. The largest absolute Gasteiger partial charge is 0.508 e. The lowest BCUT2D eigenvalue weighted by molar-refractivity contribution is -0.124. The minimum absolute atomic E-state index is 0.0213. The van der Waals surface area contributed by atoms with Gasteiger partial charge in [0.25, 0.3) is 0 Å². The van der Waals surface area contributed by atoms with E-state index in [1.807, 2.05) is 27.7 Å². The third-order valence-corrected chi connectivity index (χ3v) is 25.8. The predicted molar refractivity (Wildman–Crippen MR) is 540 cm³/mol. The van der Waals surface area contributed by atoms with Gasteiger partial charge in [-0.1, -0.05) is 59.8 Å². The zero-order valence-corrected chi connectivity index (χ0v) is 86.7. The third kappa shape index (κ3) is 68.0. The molecule has 4 amide bonds. The molecule has 0 spiro atoms. The highest BCUT2D eigenvalue weighted by Gasteiger charge is 2.39. The van der Waals surface area contributed by atoms with Crippen LogP contribution in [0.2, 0.25) is 0 Å². The van der Waals surface area contributed by atoms with E-state index in [0.29, 0.717) is 160 Å². The summed E-state index contributed by atoms with van der Waals surface area (Å²) in [6, 6.07) is 16.8. The number of carbonyl (C=O) groups excluding carboxylic acids is 8. The van der Waals surface area contributed by atoms with Gasteiger partial charge in [-0.3, -0.25) is 38.4 Å². The molecule has 0 aliphatic rings. The first kappa shape index (κ1) is 130. The molecule has 776 valence electrons. The summed E-state index contributed by atoms with van der Waals surface area (Å²) in [5, 5.41) is 30.6. The van der Waals surface area contributed by atoms with Crippen LogP contribution in [0.25, 0.3) is 4.85 Å². The first-order chi connectivity index (χ1) is 66.9. The molecule has 0 aliphatic heterocycles. The maximum absolute atomic E-state index is 14.5. The van der Waals surface area contributed by atoms with Crippen LogP contribution in [0.4, 0.5) is 0 Å². The Labute approximate surface area is 833 Å². The molecular formula is C104H161N9O24P2. The average Bonchev–Trinajstić information content (AvgIpc) is 0.825. The summed E-state index contributed by atoms with van der Waals surface area (Å²) in [6.07, 6.45) is 34.6. The summed E-state index contributed by atoms with van der Waals surface area (Å²) in [4.78, 5) is 111. The van der Waals surface area contributed by atoms with Gasteiger partial charge in [0, 0.05) is 151 Å². The first-order valence-corrected chi connectivity index (χ1v) is 50.4. The van der Waals surface area contributed by atoms with E-state index < -0.39 is 27.8 Å². The van der Waals surface area contributed by atoms with Crippen LogP contribution >= 0.6 is 17.0 Å². The van der Waals surface area contributed by atoms with Gasteiger partial charge in [-0.2, -0.15) is 5.26 Å². The lowest BCUT2D eigenvalue weighted by Crippen LogP contribution is -2.43. The fraction of sp³-hybridized carbons (Fsp3) is 0.673. The van der Waals surface area contributed by atoms with Crippen LogP contribution in [0.3, 0.4) is 0 Å². The molecule has 139 heavy (non-hydrogen) atoms. The lowest BCUT2D eigenvalue weighted by atomic mass is 9.70. The molecule has 33 nitrogen and oxygen atoms in total. The second kappa shape index (κ2) is 85.9. The summed E-state index contributed by atoms with van der Waals surface area (Å²) in [6.45, 7) is 41.9. The van der Waals surface area contributed by atoms with Crippen molar-refractivity contribution >= 4 is 63.7 Å². The molecule has 1 unspecified atom stereocenters. The van der Waals surface area contributed by atoms with Crippen LogP contribution in [-0.2, 0) is 94.7 Å². The Bertz CT molecular complexity index is 3780. The van der Waals surface area contributed by atoms with Gasteiger partial charge in [-0.15, -0.1) is 38.5 Å². The van der Waals surface area contributed by atoms with Gasteiger partial charge in [0.15, 0.2) is 20.0 Å². The van der Waals surface area contributed by atoms with Crippen LogP contribution in [0, 0.1) is 103 Å². The minimum atomic E-state index is -1.65. The quantitative estimate of drug-likeness (QED) is 0.0135. The van der Waals surface area contributed by atoms with Crippen molar-refractivity contribution in [1.82, 2.24) is 35.3 Å². The highest BCUT2D eigenvalue weighted by atomic mass is 31.2. The average molecular weight is 1980 g/mol. The number of hydrogen-bond donors (Lipinski definition) is 5. The maximum Gasteiger partial charge on any atom is 0.321 e. The monoisotopic (exact) mass is 1980 g/mol. The summed E-state index contributed by atoms with van der Waals surface area (Å²) in [5.41, 5.74) is -1.16. The van der Waals surface area contributed by atoms with E-state index in [2.05, 4.69) is 137 Å². The number of aromatic hydroxyl groups is 1. The van der Waals surface area contributed by atoms with Gasteiger partial charge in [-0.05, 0) is 170 Å². The summed E-state index contributed by atoms with van der Waals surface area (Å²) in [7, 11) is -2.48. The Kier molecular flexibility index (Phi) is 80.4. The fourth-order valence-corrected chi connectivity index (χ4v) is 18.1. The van der Waals surface area contributed by atoms with E-state index in [0.717, 1.165) is 0 Å². The fourth-order valence-electron chi connectivity index (χ4n) is 14.2. The number of hydrogen-bond acceptors (Lipinski definition) is 28. The lowest BCUT2D eigenvalue weighted by Gasteiger charge is -2.45. The second-order valence-corrected chi connectivity index (χ2v) is 37.0. The van der Waals surface area contributed by atoms with Gasteiger partial charge in [0.1, 0.15) is 69.3 Å². The standard InChI is InChI=1S/C49H73N4O12P.C40H56N2O11.C15H32N3OP/c1-8-26-58-33-36-61-29-12-15-44(54)17-20-49(21-18-47(56)51-24-31-62-37-34-59-27-9-2,22-19-48(57)52-25-32-63-38-35-60-28-10-3)40-46(55)43-14-11-16-45(39-43)65-66(64-30-13-23-50)53(41(4)5)42(6)7;1-4-20-48-26-29-51-23-8-11-35(43)12-15-40(33-37(45)34-9-7-10-36(44)32-34,16-13-38(46)41-18-24-52-30-27-49-21-5-2)17-14-39(47)42-19-25-53-31-28-50-22-6-3;1-12(2)17(13(3)4)20(19-11-10-16-9)18(14(5)6)15(7)8/h1-3,11,14,16,39,41-42H,12-13,15,17-22,24-38,40H2,4-7H3,(H,51,56)(H,52,57);1-3,7,9-10,32,44H,8,11-31,33H2,(H,41,46)(H,42,47);12-15H,10-11H2,1-8H3. The third-order valence-electron chi connectivity index (χ3n) is 20.7. The Hall–Kier alpha value is -8.88. The Morgan fingerprint density at radius 3 is 0.993 bits per heavy atom. The number of amides is 4. The molecule has 0 aliphatic carbocycles. The van der Waals surface area contributed by atoms with Gasteiger partial charge < -0.3 is 102 Å². The van der Waals surface area contributed by atoms with Gasteiger partial charge in [0.2, 0.25) is 30.2 Å². The van der Waals surface area contributed by atoms with Crippen LogP contribution in [-0.4, -0.2) is 307 Å². The van der Waals surface area contributed by atoms with Crippen LogP contribution in [0.1, 0.15) is 226 Å². The number of nitrogens with zero attached hydrogens (tertiary/aromatic N) is 5. The Morgan fingerprint density at radius 2 is 0.691 bits per heavy atom. The molecule has 0 aromatic heterocycles. The molecule has 0 radical (unpaired) electrons. The van der Waals surface area contributed by atoms with E-state index in [1.54, 1.807) is 36.4 Å². The molecule has 35 heteroatoms. The van der Waals surface area contributed by atoms with Crippen molar-refractivity contribution in [3.63, 3.8) is 0 Å². The molecule has 0 saturated carbocycles. The van der Waals surface area contributed by atoms with E-state index >= 15 is 0 Å². The Morgan fingerprint density at radius 1 is 0.388 bits per heavy atom. The minimum Gasteiger partial charge on any atom is -0.508 e. The van der Waals surface area contributed by atoms with Crippen molar-refractivity contribution < 1.29 is 114 Å². The number of ketones is 4. The summed E-state index contributed by atoms with van der Waals surface area (Å²) >= 11 is 0. The Balaban J connectivity index is 0.00000232. The van der Waals surface area contributed by atoms with Crippen molar-refractivity contribution in [2.24, 2.45) is 10.8 Å². The van der Waals surface area contributed by atoms with E-state index in [9.17, 15) is 43.5 Å². The van der Waals surface area contributed by atoms with Gasteiger partial charge >= 0.3 is 8.53 Å². The molecule has 0 fully saturated rings. The zero-order chi connectivity index (χ0) is 103. The number of phenols is 1. The van der Waals surface area contributed by atoms with E-state index in [1.165, 1.54) is 12.1 Å². The van der Waals surface area contributed by atoms with Crippen molar-refractivity contribution in [1.29, 1.82) is 5.26 Å². The molecule has 1 atom stereocenters. The molecule has 0 saturated heterocycles. The molecule has 2 aromatic rings. The van der Waals surface area contributed by atoms with Crippen LogP contribution in [0.5, 0.6) is 11.5 Å². The number of ether oxygens (including phenoxy) is 12. The molecule has 2 aromatic carbocycles. The van der Waals surface area contributed by atoms with Crippen molar-refractivity contribution in [2.45, 2.75) is 241 Å². The normalized spacial score (nSPS) is 11.5. The van der Waals surface area contributed by atoms with Crippen LogP contribution in [0.15, 0.2) is 48.5 Å². The number of rotatable bonds is 85. The van der Waals surface area contributed by atoms with Gasteiger partial charge in [-0.25, -0.2) is 20.6 Å². The molecule has 0 bridgehead atoms. The summed E-state index contributed by atoms with van der Waals surface area (Å²) in [5.74, 6) is 13.0. The smallest absolute Gasteiger partial charge is 0.321 e. The topological polar surface area (TPSA) is 381 Å².